The van der Waals surface area contributed by atoms with Crippen LogP contribution in [0.15, 0.2) is 11.2 Å². The van der Waals surface area contributed by atoms with E-state index in [2.05, 4.69) is 23.0 Å². The number of aryl methyl sites for hydroxylation is 2. The molecule has 3 N–H and O–H groups in total. The quantitative estimate of drug-likeness (QED) is 0.374. The van der Waals surface area contributed by atoms with Gasteiger partial charge in [0.05, 0.1) is 5.56 Å². The van der Waals surface area contributed by atoms with E-state index in [4.69, 9.17) is 15.9 Å². The van der Waals surface area contributed by atoms with Gasteiger partial charge in [-0.2, -0.15) is 0 Å². The Kier molecular flexibility index (Phi) is 3.51. The summed E-state index contributed by atoms with van der Waals surface area (Å²) >= 11 is 0. The Balaban J connectivity index is 2.05. The molecule has 0 radical (unpaired) electrons. The second kappa shape index (κ2) is 5.31. The molecular formula is C15H22N4O. The number of aromatic nitrogens is 1. The number of oxime groups is 1. The molecule has 0 saturated carbocycles. The topological polar surface area (TPSA) is 74.7 Å². The lowest BCUT2D eigenvalue weighted by atomic mass is 9.94. The maximum Gasteiger partial charge on any atom is 0.173 e. The van der Waals surface area contributed by atoms with Gasteiger partial charge in [-0.25, -0.2) is 4.98 Å². The number of anilines is 1. The summed E-state index contributed by atoms with van der Waals surface area (Å²) in [6.45, 7) is 4.25. The van der Waals surface area contributed by atoms with Crippen molar-refractivity contribution in [2.75, 3.05) is 18.0 Å². The molecule has 1 aromatic heterocycles. The molecule has 108 valence electrons. The third kappa shape index (κ3) is 2.32. The predicted octanol–water partition coefficient (Wildman–Crippen LogP) is 1.90. The van der Waals surface area contributed by atoms with Crippen molar-refractivity contribution in [3.63, 3.8) is 0 Å². The highest BCUT2D eigenvalue weighted by molar-refractivity contribution is 6.01. The molecule has 1 unspecified atom stereocenters. The van der Waals surface area contributed by atoms with Crippen LogP contribution in [0.4, 0.5) is 5.82 Å². The van der Waals surface area contributed by atoms with E-state index in [1.807, 2.05) is 0 Å². The van der Waals surface area contributed by atoms with E-state index in [1.54, 1.807) is 0 Å². The van der Waals surface area contributed by atoms with Crippen molar-refractivity contribution in [3.05, 3.63) is 22.9 Å². The Hall–Kier alpha value is -1.78. The summed E-state index contributed by atoms with van der Waals surface area (Å²) in [7, 11) is 0. The zero-order valence-corrected chi connectivity index (χ0v) is 12.0. The van der Waals surface area contributed by atoms with Gasteiger partial charge in [0.15, 0.2) is 5.84 Å². The standard InChI is InChI=1S/C15H22N4O/c1-10-6-7-19(9-10)15-12(14(16)18-20)8-11-4-2-3-5-13(11)17-15/h8,10,20H,2-7,9H2,1H3,(H2,16,18). The summed E-state index contributed by atoms with van der Waals surface area (Å²) in [4.78, 5) is 7.12. The van der Waals surface area contributed by atoms with Gasteiger partial charge in [-0.15, -0.1) is 0 Å². The SMILES string of the molecule is CC1CCN(c2nc3c(cc2C(N)=NO)CCCC3)C1. The summed E-state index contributed by atoms with van der Waals surface area (Å²) in [5.74, 6) is 1.73. The third-order valence-corrected chi connectivity index (χ3v) is 4.39. The van der Waals surface area contributed by atoms with Crippen LogP contribution in [0, 0.1) is 5.92 Å². The van der Waals surface area contributed by atoms with Crippen molar-refractivity contribution < 1.29 is 5.21 Å². The molecule has 1 aromatic rings. The lowest BCUT2D eigenvalue weighted by molar-refractivity contribution is 0.318. The van der Waals surface area contributed by atoms with Gasteiger partial charge >= 0.3 is 0 Å². The maximum absolute atomic E-state index is 9.03. The van der Waals surface area contributed by atoms with Crippen LogP contribution >= 0.6 is 0 Å². The lowest BCUT2D eigenvalue weighted by Gasteiger charge is -2.24. The monoisotopic (exact) mass is 274 g/mol. The summed E-state index contributed by atoms with van der Waals surface area (Å²) in [5, 5.41) is 12.2. The number of pyridine rings is 1. The molecule has 20 heavy (non-hydrogen) atoms. The first kappa shape index (κ1) is 13.2. The molecule has 3 rings (SSSR count). The van der Waals surface area contributed by atoms with E-state index >= 15 is 0 Å². The van der Waals surface area contributed by atoms with Crippen LogP contribution in [0.2, 0.25) is 0 Å². The lowest BCUT2D eigenvalue weighted by Crippen LogP contribution is -2.27. The summed E-state index contributed by atoms with van der Waals surface area (Å²) < 4.78 is 0. The first-order valence-corrected chi connectivity index (χ1v) is 7.44. The third-order valence-electron chi connectivity index (χ3n) is 4.39. The highest BCUT2D eigenvalue weighted by Crippen LogP contribution is 2.29. The molecule has 0 amide bonds. The smallest absolute Gasteiger partial charge is 0.173 e. The number of hydrogen-bond acceptors (Lipinski definition) is 4. The Labute approximate surface area is 119 Å². The molecule has 0 bridgehead atoms. The molecule has 2 aliphatic rings. The highest BCUT2D eigenvalue weighted by Gasteiger charge is 2.25. The molecule has 1 atom stereocenters. The van der Waals surface area contributed by atoms with Crippen molar-refractivity contribution in [1.29, 1.82) is 0 Å². The van der Waals surface area contributed by atoms with E-state index in [0.29, 0.717) is 5.92 Å². The number of nitrogens with zero attached hydrogens (tertiary/aromatic N) is 3. The number of fused-ring (bicyclic) bond motifs is 1. The molecule has 2 heterocycles. The van der Waals surface area contributed by atoms with E-state index < -0.39 is 0 Å². The average Bonchev–Trinajstić information content (AvgIpc) is 2.91. The summed E-state index contributed by atoms with van der Waals surface area (Å²) in [6, 6.07) is 2.08. The van der Waals surface area contributed by atoms with Crippen LogP contribution < -0.4 is 10.6 Å². The van der Waals surface area contributed by atoms with Crippen molar-refractivity contribution in [2.45, 2.75) is 39.0 Å². The second-order valence-electron chi connectivity index (χ2n) is 6.00. The van der Waals surface area contributed by atoms with E-state index in [1.165, 1.54) is 30.5 Å². The molecule has 5 nitrogen and oxygen atoms in total. The van der Waals surface area contributed by atoms with Gasteiger partial charge in [-0.1, -0.05) is 12.1 Å². The first-order valence-electron chi connectivity index (χ1n) is 7.44. The Morgan fingerprint density at radius 2 is 2.25 bits per heavy atom. The molecule has 1 aliphatic heterocycles. The number of nitrogens with two attached hydrogens (primary N) is 1. The predicted molar refractivity (Wildman–Crippen MR) is 79.4 cm³/mol. The normalized spacial score (nSPS) is 22.9. The zero-order chi connectivity index (χ0) is 14.1. The minimum absolute atomic E-state index is 0.167. The Morgan fingerprint density at radius 1 is 1.45 bits per heavy atom. The molecule has 1 fully saturated rings. The number of hydrogen-bond donors (Lipinski definition) is 2. The zero-order valence-electron chi connectivity index (χ0n) is 12.0. The molecule has 1 saturated heterocycles. The van der Waals surface area contributed by atoms with Crippen molar-refractivity contribution in [1.82, 2.24) is 4.98 Å². The largest absolute Gasteiger partial charge is 0.409 e. The fourth-order valence-electron chi connectivity index (χ4n) is 3.23. The molecule has 5 heteroatoms. The van der Waals surface area contributed by atoms with Gasteiger partial charge in [0.25, 0.3) is 0 Å². The second-order valence-corrected chi connectivity index (χ2v) is 6.00. The van der Waals surface area contributed by atoms with Crippen molar-refractivity contribution >= 4 is 11.7 Å². The Bertz CT molecular complexity index is 541. The average molecular weight is 274 g/mol. The molecule has 0 spiro atoms. The van der Waals surface area contributed by atoms with Crippen LogP contribution in [0.3, 0.4) is 0 Å². The number of amidine groups is 1. The van der Waals surface area contributed by atoms with Crippen LogP contribution in [0.25, 0.3) is 0 Å². The maximum atomic E-state index is 9.03. The van der Waals surface area contributed by atoms with Gasteiger partial charge < -0.3 is 15.8 Å². The highest BCUT2D eigenvalue weighted by atomic mass is 16.4. The van der Waals surface area contributed by atoms with E-state index in [-0.39, 0.29) is 5.84 Å². The fourth-order valence-corrected chi connectivity index (χ4v) is 3.23. The Morgan fingerprint density at radius 3 is 2.95 bits per heavy atom. The van der Waals surface area contributed by atoms with Crippen LogP contribution in [-0.4, -0.2) is 29.1 Å². The molecule has 0 aromatic carbocycles. The van der Waals surface area contributed by atoms with E-state index in [9.17, 15) is 0 Å². The number of rotatable bonds is 2. The molecular weight excluding hydrogens is 252 g/mol. The fraction of sp³-hybridized carbons (Fsp3) is 0.600. The minimum atomic E-state index is 0.167. The van der Waals surface area contributed by atoms with Gasteiger partial charge in [-0.3, -0.25) is 0 Å². The first-order chi connectivity index (χ1) is 9.69. The van der Waals surface area contributed by atoms with Gasteiger partial charge in [0.1, 0.15) is 5.82 Å². The molecule has 1 aliphatic carbocycles. The summed E-state index contributed by atoms with van der Waals surface area (Å²) in [6.07, 6.45) is 5.67. The van der Waals surface area contributed by atoms with Crippen LogP contribution in [0.5, 0.6) is 0 Å². The van der Waals surface area contributed by atoms with Gasteiger partial charge in [0.2, 0.25) is 0 Å². The van der Waals surface area contributed by atoms with E-state index in [0.717, 1.165) is 37.3 Å². The minimum Gasteiger partial charge on any atom is -0.409 e. The summed E-state index contributed by atoms with van der Waals surface area (Å²) in [5.41, 5.74) is 9.10. The van der Waals surface area contributed by atoms with Crippen LogP contribution in [0.1, 0.15) is 43.0 Å². The van der Waals surface area contributed by atoms with Gasteiger partial charge in [-0.05, 0) is 49.7 Å². The van der Waals surface area contributed by atoms with Crippen molar-refractivity contribution in [3.8, 4) is 0 Å². The van der Waals surface area contributed by atoms with Gasteiger partial charge in [0, 0.05) is 18.8 Å². The van der Waals surface area contributed by atoms with Crippen LogP contribution in [-0.2, 0) is 12.8 Å². The van der Waals surface area contributed by atoms with Crippen molar-refractivity contribution in [2.24, 2.45) is 16.8 Å².